The molecule has 1 atom stereocenters. The second kappa shape index (κ2) is 5.17. The van der Waals surface area contributed by atoms with Crippen LogP contribution in [-0.4, -0.2) is 30.3 Å². The average molecular weight is 340 g/mol. The van der Waals surface area contributed by atoms with E-state index in [2.05, 4.69) is 36.4 Å². The van der Waals surface area contributed by atoms with Gasteiger partial charge in [0.2, 0.25) is 5.89 Å². The topological polar surface area (TPSA) is 103 Å². The predicted octanol–water partition coefficient (Wildman–Crippen LogP) is 1.79. The van der Waals surface area contributed by atoms with Gasteiger partial charge in [0.05, 0.1) is 12.3 Å². The molecular formula is C11H10BrN5O3. The predicted molar refractivity (Wildman–Crippen MR) is 69.5 cm³/mol. The van der Waals surface area contributed by atoms with E-state index in [0.29, 0.717) is 27.9 Å². The van der Waals surface area contributed by atoms with Gasteiger partial charge >= 0.3 is 0 Å². The summed E-state index contributed by atoms with van der Waals surface area (Å²) in [6, 6.07) is 3.47. The Hall–Kier alpha value is -2.00. The van der Waals surface area contributed by atoms with E-state index in [1.807, 2.05) is 0 Å². The van der Waals surface area contributed by atoms with Gasteiger partial charge in [0.1, 0.15) is 12.2 Å². The van der Waals surface area contributed by atoms with Crippen LogP contribution in [0.25, 0.3) is 11.7 Å². The van der Waals surface area contributed by atoms with Crippen LogP contribution in [0.5, 0.6) is 0 Å². The molecule has 3 aromatic rings. The minimum atomic E-state index is -0.664. The summed E-state index contributed by atoms with van der Waals surface area (Å²) in [5.74, 6) is 1.15. The van der Waals surface area contributed by atoms with Crippen LogP contribution in [0, 0.1) is 0 Å². The Morgan fingerprint density at radius 1 is 1.30 bits per heavy atom. The zero-order valence-electron chi connectivity index (χ0n) is 10.4. The van der Waals surface area contributed by atoms with Gasteiger partial charge in [-0.15, -0.1) is 15.3 Å². The molecule has 1 N–H and O–H groups in total. The summed E-state index contributed by atoms with van der Waals surface area (Å²) in [5, 5.41) is 24.9. The number of furan rings is 1. The van der Waals surface area contributed by atoms with Crippen molar-refractivity contribution >= 4 is 15.9 Å². The lowest BCUT2D eigenvalue weighted by atomic mass is 10.3. The van der Waals surface area contributed by atoms with Gasteiger partial charge in [-0.1, -0.05) is 5.21 Å². The molecule has 104 valence electrons. The summed E-state index contributed by atoms with van der Waals surface area (Å²) in [6.45, 7) is 1.89. The number of aromatic nitrogens is 5. The number of aliphatic hydroxyl groups is 1. The summed E-state index contributed by atoms with van der Waals surface area (Å²) in [6.07, 6.45) is 0.959. The molecule has 0 amide bonds. The van der Waals surface area contributed by atoms with Gasteiger partial charge in [0.15, 0.2) is 10.4 Å². The van der Waals surface area contributed by atoms with Crippen LogP contribution in [0.1, 0.15) is 24.6 Å². The molecule has 20 heavy (non-hydrogen) atoms. The van der Waals surface area contributed by atoms with E-state index in [4.69, 9.17) is 8.83 Å². The van der Waals surface area contributed by atoms with Crippen molar-refractivity contribution in [1.29, 1.82) is 0 Å². The van der Waals surface area contributed by atoms with E-state index in [0.717, 1.165) is 0 Å². The van der Waals surface area contributed by atoms with Crippen molar-refractivity contribution in [3.8, 4) is 11.7 Å². The van der Waals surface area contributed by atoms with Crippen LogP contribution in [0.2, 0.25) is 0 Å². The lowest BCUT2D eigenvalue weighted by Gasteiger charge is -1.95. The van der Waals surface area contributed by atoms with E-state index < -0.39 is 6.10 Å². The third-order valence-corrected chi connectivity index (χ3v) is 2.96. The number of hydrogen-bond acceptors (Lipinski definition) is 7. The van der Waals surface area contributed by atoms with Crippen molar-refractivity contribution < 1.29 is 13.9 Å². The Balaban J connectivity index is 1.76. The highest BCUT2D eigenvalue weighted by Gasteiger charge is 2.14. The van der Waals surface area contributed by atoms with Gasteiger partial charge in [-0.3, -0.25) is 0 Å². The summed E-state index contributed by atoms with van der Waals surface area (Å²) < 4.78 is 12.9. The normalized spacial score (nSPS) is 12.8. The maximum Gasteiger partial charge on any atom is 0.283 e. The number of hydrogen-bond donors (Lipinski definition) is 1. The smallest absolute Gasteiger partial charge is 0.283 e. The molecule has 0 saturated heterocycles. The van der Waals surface area contributed by atoms with E-state index in [1.165, 1.54) is 4.68 Å². The maximum absolute atomic E-state index is 9.37. The molecular weight excluding hydrogens is 330 g/mol. The molecule has 0 aliphatic carbocycles. The maximum atomic E-state index is 9.37. The SMILES string of the molecule is CC(O)c1cn(Cc2nnc(-c3ccc(Br)o3)o2)nn1. The Bertz CT molecular complexity index is 717. The summed E-state index contributed by atoms with van der Waals surface area (Å²) in [7, 11) is 0. The minimum Gasteiger partial charge on any atom is -0.444 e. The molecule has 0 aromatic carbocycles. The summed E-state index contributed by atoms with van der Waals surface area (Å²) in [4.78, 5) is 0. The first-order valence-electron chi connectivity index (χ1n) is 5.78. The van der Waals surface area contributed by atoms with Crippen LogP contribution < -0.4 is 0 Å². The van der Waals surface area contributed by atoms with Crippen LogP contribution in [0.4, 0.5) is 0 Å². The molecule has 3 aromatic heterocycles. The van der Waals surface area contributed by atoms with Crippen LogP contribution >= 0.6 is 15.9 Å². The standard InChI is InChI=1S/C11H10BrN5O3/c1-6(18)7-4-17(16-13-7)5-10-14-15-11(20-10)8-2-3-9(12)19-8/h2-4,6,18H,5H2,1H3. The molecule has 1 unspecified atom stereocenters. The van der Waals surface area contributed by atoms with E-state index in [9.17, 15) is 5.11 Å². The lowest BCUT2D eigenvalue weighted by Crippen LogP contribution is -2.00. The number of nitrogens with zero attached hydrogens (tertiary/aromatic N) is 5. The van der Waals surface area contributed by atoms with Crippen molar-refractivity contribution in [3.05, 3.63) is 34.6 Å². The molecule has 8 nitrogen and oxygen atoms in total. The summed E-state index contributed by atoms with van der Waals surface area (Å²) in [5.41, 5.74) is 0.486. The van der Waals surface area contributed by atoms with Crippen LogP contribution in [0.3, 0.4) is 0 Å². The fourth-order valence-electron chi connectivity index (χ4n) is 1.57. The van der Waals surface area contributed by atoms with E-state index in [-0.39, 0.29) is 6.54 Å². The van der Waals surface area contributed by atoms with Gasteiger partial charge in [0, 0.05) is 0 Å². The van der Waals surface area contributed by atoms with Crippen molar-refractivity contribution in [2.75, 3.05) is 0 Å². The summed E-state index contributed by atoms with van der Waals surface area (Å²) >= 11 is 3.20. The van der Waals surface area contributed by atoms with Gasteiger partial charge in [-0.25, -0.2) is 4.68 Å². The third kappa shape index (κ3) is 2.63. The molecule has 0 bridgehead atoms. The molecule has 3 heterocycles. The molecule has 0 spiro atoms. The van der Waals surface area contributed by atoms with Crippen molar-refractivity contribution in [1.82, 2.24) is 25.2 Å². The quantitative estimate of drug-likeness (QED) is 0.772. The monoisotopic (exact) mass is 339 g/mol. The van der Waals surface area contributed by atoms with Gasteiger partial charge in [-0.2, -0.15) is 0 Å². The van der Waals surface area contributed by atoms with Crippen molar-refractivity contribution in [2.24, 2.45) is 0 Å². The van der Waals surface area contributed by atoms with Crippen molar-refractivity contribution in [2.45, 2.75) is 19.6 Å². The van der Waals surface area contributed by atoms with Crippen molar-refractivity contribution in [3.63, 3.8) is 0 Å². The molecule has 0 fully saturated rings. The molecule has 0 aliphatic rings. The number of halogens is 1. The van der Waals surface area contributed by atoms with E-state index in [1.54, 1.807) is 25.3 Å². The zero-order valence-corrected chi connectivity index (χ0v) is 12.0. The van der Waals surface area contributed by atoms with Gasteiger partial charge in [-0.05, 0) is 35.0 Å². The largest absolute Gasteiger partial charge is 0.444 e. The second-order valence-corrected chi connectivity index (χ2v) is 4.90. The first-order valence-corrected chi connectivity index (χ1v) is 6.57. The highest BCUT2D eigenvalue weighted by atomic mass is 79.9. The number of aliphatic hydroxyl groups excluding tert-OH is 1. The Labute approximate surface area is 121 Å². The minimum absolute atomic E-state index is 0.272. The Kier molecular flexibility index (Phi) is 3.36. The molecule has 0 saturated carbocycles. The van der Waals surface area contributed by atoms with Gasteiger partial charge < -0.3 is 13.9 Å². The first kappa shape index (κ1) is 13.0. The first-order chi connectivity index (χ1) is 9.61. The molecule has 0 radical (unpaired) electrons. The fourth-order valence-corrected chi connectivity index (χ4v) is 1.87. The second-order valence-electron chi connectivity index (χ2n) is 4.12. The molecule has 0 aliphatic heterocycles. The average Bonchev–Trinajstić information content (AvgIpc) is 3.09. The molecule has 3 rings (SSSR count). The Morgan fingerprint density at radius 2 is 2.15 bits per heavy atom. The Morgan fingerprint density at radius 3 is 2.80 bits per heavy atom. The number of rotatable bonds is 4. The fraction of sp³-hybridized carbons (Fsp3) is 0.273. The highest BCUT2D eigenvalue weighted by molar-refractivity contribution is 9.10. The van der Waals surface area contributed by atoms with Crippen LogP contribution in [0.15, 0.2) is 31.8 Å². The zero-order chi connectivity index (χ0) is 14.1. The van der Waals surface area contributed by atoms with Gasteiger partial charge in [0.25, 0.3) is 5.89 Å². The van der Waals surface area contributed by atoms with Crippen LogP contribution in [-0.2, 0) is 6.54 Å². The lowest BCUT2D eigenvalue weighted by molar-refractivity contribution is 0.194. The molecule has 9 heteroatoms. The van der Waals surface area contributed by atoms with E-state index >= 15 is 0 Å². The highest BCUT2D eigenvalue weighted by Crippen LogP contribution is 2.23. The third-order valence-electron chi connectivity index (χ3n) is 2.53.